The van der Waals surface area contributed by atoms with Crippen LogP contribution in [0.3, 0.4) is 0 Å². The smallest absolute Gasteiger partial charge is 0.302 e. The summed E-state index contributed by atoms with van der Waals surface area (Å²) in [5.41, 5.74) is 0. The molecule has 0 bridgehead atoms. The number of hydrogen-bond acceptors (Lipinski definition) is 4. The molecule has 0 saturated heterocycles. The first-order valence-electron chi connectivity index (χ1n) is 4.81. The quantitative estimate of drug-likeness (QED) is 0.440. The summed E-state index contributed by atoms with van der Waals surface area (Å²) in [5, 5.41) is 0.194. The first-order chi connectivity index (χ1) is 8.19. The molecule has 112 valence electrons. The summed E-state index contributed by atoms with van der Waals surface area (Å²) >= 11 is 9.53. The van der Waals surface area contributed by atoms with Crippen LogP contribution in [0.1, 0.15) is 13.8 Å². The van der Waals surface area contributed by atoms with E-state index in [1.165, 1.54) is 11.8 Å². The number of amides is 1. The van der Waals surface area contributed by atoms with Crippen LogP contribution < -0.4 is 0 Å². The highest BCUT2D eigenvalue weighted by molar-refractivity contribution is 7.83. The van der Waals surface area contributed by atoms with Crippen LogP contribution in [-0.2, 0) is 25.1 Å². The van der Waals surface area contributed by atoms with Crippen molar-refractivity contribution in [1.29, 1.82) is 0 Å². The van der Waals surface area contributed by atoms with Crippen molar-refractivity contribution in [3.05, 3.63) is 0 Å². The molecule has 0 N–H and O–H groups in total. The van der Waals surface area contributed by atoms with Crippen LogP contribution in [0.2, 0.25) is 0 Å². The summed E-state index contributed by atoms with van der Waals surface area (Å²) < 4.78 is 14.0. The Kier molecular flexibility index (Phi) is 37.2. The fourth-order valence-electron chi connectivity index (χ4n) is 0.203. The van der Waals surface area contributed by atoms with E-state index in [9.17, 15) is 13.8 Å². The minimum Gasteiger partial charge on any atom is -0.466 e. The number of nitrogens with zero attached hydrogens (tertiary/aromatic N) is 1. The van der Waals surface area contributed by atoms with Gasteiger partial charge in [0.1, 0.15) is 0 Å². The van der Waals surface area contributed by atoms with Gasteiger partial charge in [0.2, 0.25) is 6.41 Å². The lowest BCUT2D eigenvalue weighted by Gasteiger charge is -1.93. The van der Waals surface area contributed by atoms with Crippen molar-refractivity contribution in [3.8, 4) is 0 Å². The fourth-order valence-corrected chi connectivity index (χ4v) is 0.203. The Morgan fingerprint density at radius 1 is 1.33 bits per heavy atom. The Balaban J connectivity index is -0.0000000750. The number of esters is 1. The van der Waals surface area contributed by atoms with E-state index in [-0.39, 0.29) is 11.3 Å². The summed E-state index contributed by atoms with van der Waals surface area (Å²) in [6, 6.07) is 0. The van der Waals surface area contributed by atoms with Gasteiger partial charge in [-0.3, -0.25) is 13.8 Å². The molecular weight excluding hydrogens is 301 g/mol. The number of rotatable bonds is 2. The molecule has 0 aromatic carbocycles. The second-order valence-corrected chi connectivity index (χ2v) is 5.13. The predicted octanol–water partition coefficient (Wildman–Crippen LogP) is 1.69. The largest absolute Gasteiger partial charge is 0.466 e. The van der Waals surface area contributed by atoms with E-state index in [0.29, 0.717) is 6.61 Å². The van der Waals surface area contributed by atoms with Gasteiger partial charge in [0.05, 0.1) is 11.9 Å². The third-order valence-electron chi connectivity index (χ3n) is 0.558. The summed E-state index contributed by atoms with van der Waals surface area (Å²) in [5.74, 6) is -0.211. The SMILES string of the molecule is CCOC(C)=O.CN(C)C=O.CS(C)=O.ClCCl. The number of hydrogen-bond donors (Lipinski definition) is 0. The van der Waals surface area contributed by atoms with Gasteiger partial charge in [0.25, 0.3) is 0 Å². The van der Waals surface area contributed by atoms with Crippen LogP contribution in [0.15, 0.2) is 0 Å². The summed E-state index contributed by atoms with van der Waals surface area (Å²) in [4.78, 5) is 20.7. The minimum atomic E-state index is -0.611. The van der Waals surface area contributed by atoms with Gasteiger partial charge in [-0.2, -0.15) is 0 Å². The molecule has 0 aliphatic carbocycles. The molecule has 0 unspecified atom stereocenters. The van der Waals surface area contributed by atoms with Crippen LogP contribution in [0, 0.1) is 0 Å². The first-order valence-corrected chi connectivity index (χ1v) is 7.85. The molecule has 0 aliphatic rings. The maximum atomic E-state index is 9.82. The average Bonchev–Trinajstić information content (AvgIpc) is 2.18. The van der Waals surface area contributed by atoms with Crippen molar-refractivity contribution < 1.29 is 18.5 Å². The van der Waals surface area contributed by atoms with Crippen molar-refractivity contribution >= 4 is 46.4 Å². The van der Waals surface area contributed by atoms with E-state index in [1.807, 2.05) is 0 Å². The normalized spacial score (nSPS) is 7.39. The molecular formula is C10H23Cl2NO4S. The van der Waals surface area contributed by atoms with Crippen LogP contribution in [0.25, 0.3) is 0 Å². The van der Waals surface area contributed by atoms with Gasteiger partial charge in [-0.15, -0.1) is 23.2 Å². The lowest BCUT2D eigenvalue weighted by Crippen LogP contribution is -2.06. The summed E-state index contributed by atoms with van der Waals surface area (Å²) in [7, 11) is 2.76. The molecule has 0 aliphatic heterocycles. The van der Waals surface area contributed by atoms with Crippen LogP contribution >= 0.6 is 23.2 Å². The zero-order chi connectivity index (χ0) is 15.6. The van der Waals surface area contributed by atoms with E-state index >= 15 is 0 Å². The zero-order valence-corrected chi connectivity index (χ0v) is 14.1. The Hall–Kier alpha value is -0.330. The van der Waals surface area contributed by atoms with E-state index in [1.54, 1.807) is 33.5 Å². The second kappa shape index (κ2) is 25.5. The number of carbonyl (C=O) groups excluding carboxylic acids is 2. The van der Waals surface area contributed by atoms with E-state index in [4.69, 9.17) is 23.2 Å². The maximum Gasteiger partial charge on any atom is 0.302 e. The highest BCUT2D eigenvalue weighted by Gasteiger charge is 1.81. The molecule has 0 heterocycles. The molecule has 1 amide bonds. The molecule has 0 atom stereocenters. The van der Waals surface area contributed by atoms with Gasteiger partial charge < -0.3 is 9.64 Å². The first kappa shape index (κ1) is 26.3. The van der Waals surface area contributed by atoms with Gasteiger partial charge in [0.15, 0.2) is 0 Å². The van der Waals surface area contributed by atoms with Gasteiger partial charge in [0, 0.05) is 44.3 Å². The van der Waals surface area contributed by atoms with E-state index in [0.717, 1.165) is 6.41 Å². The molecule has 0 spiro atoms. The van der Waals surface area contributed by atoms with Gasteiger partial charge >= 0.3 is 5.97 Å². The van der Waals surface area contributed by atoms with Crippen molar-refractivity contribution in [1.82, 2.24) is 4.90 Å². The van der Waals surface area contributed by atoms with Crippen molar-refractivity contribution in [2.75, 3.05) is 38.6 Å². The number of ether oxygens (including phenoxy) is 1. The van der Waals surface area contributed by atoms with Gasteiger partial charge in [-0.1, -0.05) is 0 Å². The Morgan fingerprint density at radius 2 is 1.56 bits per heavy atom. The van der Waals surface area contributed by atoms with Crippen molar-refractivity contribution in [2.24, 2.45) is 0 Å². The maximum absolute atomic E-state index is 9.82. The lowest BCUT2D eigenvalue weighted by atomic mass is 10.8. The molecule has 0 aromatic heterocycles. The van der Waals surface area contributed by atoms with E-state index < -0.39 is 10.8 Å². The number of halogens is 2. The lowest BCUT2D eigenvalue weighted by molar-refractivity contribution is -0.140. The van der Waals surface area contributed by atoms with Crippen molar-refractivity contribution in [2.45, 2.75) is 13.8 Å². The van der Waals surface area contributed by atoms with E-state index in [2.05, 4.69) is 4.74 Å². The molecule has 18 heavy (non-hydrogen) atoms. The molecule has 0 saturated carbocycles. The number of carbonyl (C=O) groups is 2. The predicted molar refractivity (Wildman–Crippen MR) is 78.6 cm³/mol. The van der Waals surface area contributed by atoms with Crippen molar-refractivity contribution in [3.63, 3.8) is 0 Å². The summed E-state index contributed by atoms with van der Waals surface area (Å²) in [6.07, 6.45) is 4.03. The van der Waals surface area contributed by atoms with Crippen LogP contribution in [0.4, 0.5) is 0 Å². The Labute approximate surface area is 122 Å². The second-order valence-electron chi connectivity index (χ2n) is 2.84. The highest BCUT2D eigenvalue weighted by atomic mass is 35.5. The topological polar surface area (TPSA) is 63.7 Å². The summed E-state index contributed by atoms with van der Waals surface area (Å²) in [6.45, 7) is 3.65. The highest BCUT2D eigenvalue weighted by Crippen LogP contribution is 1.73. The standard InChI is InChI=1S/C4H8O2.C3H7NO.C2H6OS.CH2Cl2/c1-3-6-4(2)5;1-4(2)3-5;1-4(2)3;2-1-3/h3H2,1-2H3;3H,1-2H3;1-2H3;1H2. The third-order valence-corrected chi connectivity index (χ3v) is 0.558. The minimum absolute atomic E-state index is 0.194. The fraction of sp³-hybridized carbons (Fsp3) is 0.800. The average molecular weight is 324 g/mol. The monoisotopic (exact) mass is 323 g/mol. The zero-order valence-electron chi connectivity index (χ0n) is 11.7. The van der Waals surface area contributed by atoms with Gasteiger partial charge in [-0.05, 0) is 6.92 Å². The molecule has 0 aromatic rings. The molecule has 5 nitrogen and oxygen atoms in total. The Morgan fingerprint density at radius 3 is 1.56 bits per heavy atom. The Bertz CT molecular complexity index is 200. The van der Waals surface area contributed by atoms with Gasteiger partial charge in [-0.25, -0.2) is 0 Å². The third kappa shape index (κ3) is 155. The molecule has 0 rings (SSSR count). The van der Waals surface area contributed by atoms with Crippen LogP contribution in [-0.4, -0.2) is 60.0 Å². The number of alkyl halides is 2. The molecule has 0 fully saturated rings. The molecule has 8 heteroatoms. The van der Waals surface area contributed by atoms with Crippen LogP contribution in [0.5, 0.6) is 0 Å². The molecule has 0 radical (unpaired) electrons.